The van der Waals surface area contributed by atoms with Gasteiger partial charge in [0.2, 0.25) is 0 Å². The van der Waals surface area contributed by atoms with Crippen molar-refractivity contribution in [2.45, 2.75) is 25.9 Å². The maximum atomic E-state index is 12.1. The van der Waals surface area contributed by atoms with E-state index in [1.807, 2.05) is 18.2 Å². The second-order valence-corrected chi connectivity index (χ2v) is 10.3. The first-order valence-corrected chi connectivity index (χ1v) is 8.92. The third-order valence-corrected chi connectivity index (χ3v) is 5.12. The lowest BCUT2D eigenvalue weighted by Crippen LogP contribution is -2.41. The minimum Gasteiger partial charge on any atom is -0.369 e. The van der Waals surface area contributed by atoms with Crippen LogP contribution in [0.25, 0.3) is 0 Å². The summed E-state index contributed by atoms with van der Waals surface area (Å²) in [6.45, 7) is 6.63. The number of carbonyl (C=O) groups excluding carboxylic acids is 1. The van der Waals surface area contributed by atoms with Gasteiger partial charge in [-0.15, -0.1) is 0 Å². The van der Waals surface area contributed by atoms with Crippen molar-refractivity contribution < 1.29 is 9.90 Å². The van der Waals surface area contributed by atoms with Crippen LogP contribution in [0.2, 0.25) is 19.6 Å². The van der Waals surface area contributed by atoms with Crippen molar-refractivity contribution in [3.63, 3.8) is 0 Å². The standard InChI is InChI=1S/C12H17NO2Si/c1-13-11(14)8-6-5-7-9(16(2,3)4)10(8)12(13)15/h5-7,11,14H,1-4H3. The number of aliphatic hydroxyl groups excluding tert-OH is 1. The first kappa shape index (κ1) is 11.4. The second kappa shape index (κ2) is 3.43. The molecule has 1 unspecified atom stereocenters. The highest BCUT2D eigenvalue weighted by Crippen LogP contribution is 2.29. The molecule has 2 rings (SSSR count). The monoisotopic (exact) mass is 235 g/mol. The Bertz CT molecular complexity index is 451. The van der Waals surface area contributed by atoms with E-state index in [1.54, 1.807) is 7.05 Å². The number of amides is 1. The number of nitrogens with zero attached hydrogens (tertiary/aromatic N) is 1. The number of benzene rings is 1. The minimum atomic E-state index is -1.55. The van der Waals surface area contributed by atoms with Crippen molar-refractivity contribution in [2.24, 2.45) is 0 Å². The predicted molar refractivity (Wildman–Crippen MR) is 66.5 cm³/mol. The van der Waals surface area contributed by atoms with Crippen LogP contribution in [0.1, 0.15) is 22.1 Å². The van der Waals surface area contributed by atoms with Crippen LogP contribution in [-0.2, 0) is 0 Å². The molecule has 1 aliphatic heterocycles. The highest BCUT2D eigenvalue weighted by Gasteiger charge is 2.37. The first-order valence-electron chi connectivity index (χ1n) is 5.42. The van der Waals surface area contributed by atoms with E-state index >= 15 is 0 Å². The predicted octanol–water partition coefficient (Wildman–Crippen LogP) is 1.31. The van der Waals surface area contributed by atoms with Crippen molar-refractivity contribution in [3.8, 4) is 0 Å². The van der Waals surface area contributed by atoms with E-state index < -0.39 is 14.3 Å². The van der Waals surface area contributed by atoms with Crippen LogP contribution >= 0.6 is 0 Å². The fourth-order valence-electron chi connectivity index (χ4n) is 2.15. The van der Waals surface area contributed by atoms with Crippen LogP contribution in [-0.4, -0.2) is 31.0 Å². The van der Waals surface area contributed by atoms with E-state index in [0.29, 0.717) is 0 Å². The largest absolute Gasteiger partial charge is 0.369 e. The van der Waals surface area contributed by atoms with Gasteiger partial charge < -0.3 is 10.0 Å². The first-order chi connectivity index (χ1) is 7.34. The van der Waals surface area contributed by atoms with Gasteiger partial charge in [-0.1, -0.05) is 37.8 Å². The zero-order chi connectivity index (χ0) is 12.1. The SMILES string of the molecule is CN1C(=O)c2c(cccc2[Si](C)(C)C)C1O. The molecule has 0 fully saturated rings. The highest BCUT2D eigenvalue weighted by molar-refractivity contribution is 6.89. The number of carbonyl (C=O) groups is 1. The smallest absolute Gasteiger partial charge is 0.256 e. The molecule has 0 bridgehead atoms. The maximum Gasteiger partial charge on any atom is 0.256 e. The summed E-state index contributed by atoms with van der Waals surface area (Å²) in [7, 11) is 0.0900. The Hall–Kier alpha value is -1.13. The van der Waals surface area contributed by atoms with Crippen molar-refractivity contribution in [3.05, 3.63) is 29.3 Å². The quantitative estimate of drug-likeness (QED) is 0.746. The molecule has 4 heteroatoms. The molecule has 1 amide bonds. The summed E-state index contributed by atoms with van der Waals surface area (Å²) in [5.41, 5.74) is 1.49. The van der Waals surface area contributed by atoms with Crippen LogP contribution in [0.4, 0.5) is 0 Å². The summed E-state index contributed by atoms with van der Waals surface area (Å²) in [6.07, 6.45) is -0.779. The average molecular weight is 235 g/mol. The van der Waals surface area contributed by atoms with Gasteiger partial charge >= 0.3 is 0 Å². The molecule has 0 aliphatic carbocycles. The summed E-state index contributed by atoms with van der Waals surface area (Å²) >= 11 is 0. The third kappa shape index (κ3) is 1.49. The Labute approximate surface area is 96.7 Å². The Morgan fingerprint density at radius 1 is 1.31 bits per heavy atom. The number of aliphatic hydroxyl groups is 1. The summed E-state index contributed by atoms with van der Waals surface area (Å²) in [5, 5.41) is 11.1. The Morgan fingerprint density at radius 2 is 1.94 bits per heavy atom. The number of fused-ring (bicyclic) bond motifs is 1. The fourth-order valence-corrected chi connectivity index (χ4v) is 3.74. The molecule has 0 radical (unpaired) electrons. The average Bonchev–Trinajstić information content (AvgIpc) is 2.43. The highest BCUT2D eigenvalue weighted by atomic mass is 28.3. The van der Waals surface area contributed by atoms with E-state index in [-0.39, 0.29) is 5.91 Å². The second-order valence-electron chi connectivity index (χ2n) is 5.31. The molecule has 1 aliphatic rings. The lowest BCUT2D eigenvalue weighted by Gasteiger charge is -2.19. The van der Waals surface area contributed by atoms with E-state index in [4.69, 9.17) is 0 Å². The van der Waals surface area contributed by atoms with Gasteiger partial charge in [0.05, 0.1) is 8.07 Å². The van der Waals surface area contributed by atoms with Crippen LogP contribution in [0.5, 0.6) is 0 Å². The molecule has 0 spiro atoms. The summed E-state index contributed by atoms with van der Waals surface area (Å²) in [4.78, 5) is 13.5. The van der Waals surface area contributed by atoms with E-state index in [9.17, 15) is 9.90 Å². The van der Waals surface area contributed by atoms with E-state index in [2.05, 4.69) is 19.6 Å². The summed E-state index contributed by atoms with van der Waals surface area (Å²) < 4.78 is 0. The van der Waals surface area contributed by atoms with Gasteiger partial charge in [-0.3, -0.25) is 4.79 Å². The van der Waals surface area contributed by atoms with Gasteiger partial charge in [-0.2, -0.15) is 0 Å². The van der Waals surface area contributed by atoms with Gasteiger partial charge in [-0.05, 0) is 5.19 Å². The molecule has 0 aromatic heterocycles. The lowest BCUT2D eigenvalue weighted by atomic mass is 10.1. The Morgan fingerprint density at radius 3 is 2.50 bits per heavy atom. The number of hydrogen-bond donors (Lipinski definition) is 1. The minimum absolute atomic E-state index is 0.0551. The fraction of sp³-hybridized carbons (Fsp3) is 0.417. The molecule has 3 nitrogen and oxygen atoms in total. The Kier molecular flexibility index (Phi) is 2.44. The normalized spacial score (nSPS) is 20.2. The van der Waals surface area contributed by atoms with Gasteiger partial charge in [0.1, 0.15) is 0 Å². The maximum absolute atomic E-state index is 12.1. The van der Waals surface area contributed by atoms with Crippen LogP contribution < -0.4 is 5.19 Å². The molecule has 86 valence electrons. The van der Waals surface area contributed by atoms with E-state index in [0.717, 1.165) is 16.3 Å². The van der Waals surface area contributed by atoms with E-state index in [1.165, 1.54) is 4.90 Å². The molecule has 1 aromatic carbocycles. The molecule has 1 atom stereocenters. The van der Waals surface area contributed by atoms with Crippen LogP contribution in [0.15, 0.2) is 18.2 Å². The van der Waals surface area contributed by atoms with Crippen LogP contribution in [0.3, 0.4) is 0 Å². The van der Waals surface area contributed by atoms with Gasteiger partial charge in [0.25, 0.3) is 5.91 Å². The van der Waals surface area contributed by atoms with Gasteiger partial charge in [0.15, 0.2) is 6.23 Å². The molecular weight excluding hydrogens is 218 g/mol. The Balaban J connectivity index is 2.68. The van der Waals surface area contributed by atoms with Gasteiger partial charge in [0, 0.05) is 18.2 Å². The molecule has 0 saturated heterocycles. The topological polar surface area (TPSA) is 40.5 Å². The third-order valence-electron chi connectivity index (χ3n) is 3.08. The molecule has 1 N–H and O–H groups in total. The molecule has 1 heterocycles. The molecule has 1 aromatic rings. The molecule has 0 saturated carbocycles. The molecular formula is C12H17NO2Si. The van der Waals surface area contributed by atoms with Crippen molar-refractivity contribution >= 4 is 19.2 Å². The zero-order valence-electron chi connectivity index (χ0n) is 10.1. The zero-order valence-corrected chi connectivity index (χ0v) is 11.1. The summed E-state index contributed by atoms with van der Waals surface area (Å²) in [6, 6.07) is 5.79. The van der Waals surface area contributed by atoms with Crippen molar-refractivity contribution in [1.29, 1.82) is 0 Å². The lowest BCUT2D eigenvalue weighted by molar-refractivity contribution is 0.0302. The number of hydrogen-bond acceptors (Lipinski definition) is 2. The van der Waals surface area contributed by atoms with Gasteiger partial charge in [-0.25, -0.2) is 0 Å². The van der Waals surface area contributed by atoms with Crippen molar-refractivity contribution in [2.75, 3.05) is 7.05 Å². The van der Waals surface area contributed by atoms with Crippen LogP contribution in [0, 0.1) is 0 Å². The summed E-state index contributed by atoms with van der Waals surface area (Å²) in [5.74, 6) is -0.0551. The van der Waals surface area contributed by atoms with Crippen molar-refractivity contribution in [1.82, 2.24) is 4.90 Å². The number of rotatable bonds is 1. The molecule has 16 heavy (non-hydrogen) atoms.